The maximum absolute atomic E-state index is 5.36. The average molecular weight is 520 g/mol. The summed E-state index contributed by atoms with van der Waals surface area (Å²) in [7, 11) is 0. The molecule has 0 saturated carbocycles. The summed E-state index contributed by atoms with van der Waals surface area (Å²) in [6, 6.07) is 21.2. The Labute approximate surface area is 233 Å². The first-order chi connectivity index (χ1) is 18.5. The Morgan fingerprint density at radius 2 is 1.51 bits per heavy atom. The van der Waals surface area contributed by atoms with Crippen LogP contribution in [0.1, 0.15) is 84.0 Å². The highest BCUT2D eigenvalue weighted by Crippen LogP contribution is 2.42. The van der Waals surface area contributed by atoms with Crippen molar-refractivity contribution in [2.24, 2.45) is 0 Å². The molecule has 0 bridgehead atoms. The molecule has 5 aromatic rings. The van der Waals surface area contributed by atoms with Gasteiger partial charge in [0.05, 0.1) is 28.3 Å². The van der Waals surface area contributed by atoms with Crippen LogP contribution in [-0.4, -0.2) is 19.1 Å². The number of nitrogens with one attached hydrogen (secondary N) is 1. The Morgan fingerprint density at radius 3 is 2.10 bits per heavy atom. The van der Waals surface area contributed by atoms with Gasteiger partial charge in [-0.25, -0.2) is 4.98 Å². The number of H-pyrrole nitrogens is 1. The van der Waals surface area contributed by atoms with Crippen LogP contribution < -0.4 is 4.57 Å². The van der Waals surface area contributed by atoms with E-state index >= 15 is 0 Å². The third-order valence-corrected chi connectivity index (χ3v) is 8.51. The number of rotatable bonds is 8. The molecule has 3 heterocycles. The monoisotopic (exact) mass is 519 g/mol. The van der Waals surface area contributed by atoms with Gasteiger partial charge in [-0.2, -0.15) is 0 Å². The van der Waals surface area contributed by atoms with Gasteiger partial charge in [0.2, 0.25) is 6.33 Å². The lowest BCUT2D eigenvalue weighted by atomic mass is 9.72. The standard InChI is InChI=1S/C34H41N5/c1-24(2)27-16-12-17-28(25(3)4)31(27)39-22-30(36-32(39)29-18-13-19-35-29)33(5,6)34(7,8)38-21-20-37(23-38)26-14-10-9-11-15-26/h9-22,24-25,35H,1-8H3. The number of hydrogen-bond acceptors (Lipinski definition) is 1. The highest BCUT2D eigenvalue weighted by molar-refractivity contribution is 5.61. The molecule has 202 valence electrons. The van der Waals surface area contributed by atoms with E-state index in [-0.39, 0.29) is 11.0 Å². The van der Waals surface area contributed by atoms with Gasteiger partial charge in [-0.3, -0.25) is 4.57 Å². The third-order valence-electron chi connectivity index (χ3n) is 8.51. The van der Waals surface area contributed by atoms with Crippen LogP contribution in [0, 0.1) is 6.33 Å². The Bertz CT molecular complexity index is 1520. The summed E-state index contributed by atoms with van der Waals surface area (Å²) in [5, 5.41) is 0. The van der Waals surface area contributed by atoms with Crippen molar-refractivity contribution in [1.29, 1.82) is 0 Å². The second-order valence-corrected chi connectivity index (χ2v) is 12.2. The molecule has 5 nitrogen and oxygen atoms in total. The van der Waals surface area contributed by atoms with E-state index in [1.54, 1.807) is 0 Å². The number of nitrogens with zero attached hydrogens (tertiary/aromatic N) is 4. The average Bonchev–Trinajstić information content (AvgIpc) is 3.69. The summed E-state index contributed by atoms with van der Waals surface area (Å²) in [6.45, 7) is 18.2. The number of benzene rings is 2. The number of aromatic nitrogens is 5. The zero-order chi connectivity index (χ0) is 27.9. The Hall–Kier alpha value is -3.86. The second-order valence-electron chi connectivity index (χ2n) is 12.2. The Morgan fingerprint density at radius 1 is 0.846 bits per heavy atom. The van der Waals surface area contributed by atoms with E-state index in [0.717, 1.165) is 22.9 Å². The van der Waals surface area contributed by atoms with Gasteiger partial charge in [0.15, 0.2) is 5.82 Å². The maximum atomic E-state index is 5.36. The minimum atomic E-state index is -0.325. The van der Waals surface area contributed by atoms with Gasteiger partial charge in [-0.1, -0.05) is 76.2 Å². The van der Waals surface area contributed by atoms with Gasteiger partial charge in [-0.05, 0) is 62.8 Å². The van der Waals surface area contributed by atoms with Crippen LogP contribution in [-0.2, 0) is 11.0 Å². The summed E-state index contributed by atoms with van der Waals surface area (Å²) >= 11 is 0. The topological polar surface area (TPSA) is 42.4 Å². The van der Waals surface area contributed by atoms with Gasteiger partial charge in [-0.15, -0.1) is 0 Å². The molecule has 0 unspecified atom stereocenters. The fourth-order valence-corrected chi connectivity index (χ4v) is 5.28. The summed E-state index contributed by atoms with van der Waals surface area (Å²) in [4.78, 5) is 8.78. The van der Waals surface area contributed by atoms with Gasteiger partial charge in [0, 0.05) is 30.2 Å². The first kappa shape index (κ1) is 26.7. The predicted octanol–water partition coefficient (Wildman–Crippen LogP) is 7.71. The van der Waals surface area contributed by atoms with Crippen LogP contribution in [0.5, 0.6) is 0 Å². The summed E-state index contributed by atoms with van der Waals surface area (Å²) in [5.74, 6) is 1.70. The highest BCUT2D eigenvalue weighted by Gasteiger charge is 2.44. The molecule has 0 radical (unpaired) electrons. The number of imidazole rings is 2. The summed E-state index contributed by atoms with van der Waals surface area (Å²) < 4.78 is 6.57. The van der Waals surface area contributed by atoms with E-state index in [0.29, 0.717) is 11.8 Å². The molecular formula is C34H41N5. The van der Waals surface area contributed by atoms with Crippen LogP contribution >= 0.6 is 0 Å². The lowest BCUT2D eigenvalue weighted by Crippen LogP contribution is -2.46. The van der Waals surface area contributed by atoms with Crippen molar-refractivity contribution in [3.63, 3.8) is 0 Å². The van der Waals surface area contributed by atoms with Crippen molar-refractivity contribution in [3.05, 3.63) is 109 Å². The minimum absolute atomic E-state index is 0.322. The zero-order valence-corrected chi connectivity index (χ0v) is 24.5. The van der Waals surface area contributed by atoms with Crippen LogP contribution in [0.2, 0.25) is 0 Å². The second kappa shape index (κ2) is 10.0. The molecule has 0 saturated heterocycles. The molecule has 0 aliphatic carbocycles. The molecule has 1 N–H and O–H groups in total. The lowest BCUT2D eigenvalue weighted by molar-refractivity contribution is -0.600. The van der Waals surface area contributed by atoms with Gasteiger partial charge < -0.3 is 14.1 Å². The largest absolute Gasteiger partial charge is 0.359 e. The molecular weight excluding hydrogens is 478 g/mol. The molecule has 2 aromatic carbocycles. The van der Waals surface area contributed by atoms with Crippen LogP contribution in [0.25, 0.3) is 22.9 Å². The number of aromatic amines is 1. The van der Waals surface area contributed by atoms with Crippen LogP contribution in [0.15, 0.2) is 85.5 Å². The van der Waals surface area contributed by atoms with E-state index < -0.39 is 0 Å². The van der Waals surface area contributed by atoms with E-state index in [2.05, 4.69) is 148 Å². The number of para-hydroxylation sites is 2. The maximum Gasteiger partial charge on any atom is 0.243 e. The summed E-state index contributed by atoms with van der Waals surface area (Å²) in [6.07, 6.45) is 12.0. The fraction of sp³-hybridized carbons (Fsp3) is 0.353. The third kappa shape index (κ3) is 4.64. The highest BCUT2D eigenvalue weighted by atomic mass is 15.2. The number of hydrogen-bond donors (Lipinski definition) is 1. The van der Waals surface area contributed by atoms with Crippen molar-refractivity contribution in [2.45, 2.75) is 78.2 Å². The first-order valence-electron chi connectivity index (χ1n) is 14.0. The quantitative estimate of drug-likeness (QED) is 0.166. The van der Waals surface area contributed by atoms with Crippen molar-refractivity contribution >= 4 is 0 Å². The molecule has 0 aliphatic heterocycles. The van der Waals surface area contributed by atoms with Crippen molar-refractivity contribution in [3.8, 4) is 22.9 Å². The SMILES string of the molecule is CC(C)c1cccc(C(C)C)c1-n1cc(C(C)(C)C(C)(C)n2[c-][n+](-c3ccccc3)cc2)nc1-c1ccc[nH]1. The molecule has 0 spiro atoms. The molecule has 0 amide bonds. The van der Waals surface area contributed by atoms with E-state index in [4.69, 9.17) is 4.98 Å². The van der Waals surface area contributed by atoms with Gasteiger partial charge in [0.25, 0.3) is 0 Å². The molecule has 5 heteroatoms. The fourth-order valence-electron chi connectivity index (χ4n) is 5.28. The first-order valence-corrected chi connectivity index (χ1v) is 14.0. The molecule has 0 fully saturated rings. The molecule has 0 atom stereocenters. The molecule has 0 aliphatic rings. The molecule has 3 aromatic heterocycles. The Kier molecular flexibility index (Phi) is 6.88. The van der Waals surface area contributed by atoms with E-state index in [1.807, 2.05) is 18.3 Å². The van der Waals surface area contributed by atoms with Crippen molar-refractivity contribution in [1.82, 2.24) is 19.1 Å². The minimum Gasteiger partial charge on any atom is -0.359 e. The Balaban J connectivity index is 1.67. The van der Waals surface area contributed by atoms with Gasteiger partial charge in [0.1, 0.15) is 0 Å². The molecule has 39 heavy (non-hydrogen) atoms. The molecule has 5 rings (SSSR count). The van der Waals surface area contributed by atoms with Gasteiger partial charge >= 0.3 is 0 Å². The zero-order valence-electron chi connectivity index (χ0n) is 24.5. The smallest absolute Gasteiger partial charge is 0.243 e. The van der Waals surface area contributed by atoms with Crippen molar-refractivity contribution < 1.29 is 4.57 Å². The summed E-state index contributed by atoms with van der Waals surface area (Å²) in [5.41, 5.74) is 6.40. The van der Waals surface area contributed by atoms with Crippen LogP contribution in [0.4, 0.5) is 0 Å². The van der Waals surface area contributed by atoms with E-state index in [1.165, 1.54) is 16.8 Å². The predicted molar refractivity (Wildman–Crippen MR) is 159 cm³/mol. The normalized spacial score (nSPS) is 12.6. The van der Waals surface area contributed by atoms with E-state index in [9.17, 15) is 0 Å². The lowest BCUT2D eigenvalue weighted by Gasteiger charge is -2.39. The van der Waals surface area contributed by atoms with Crippen LogP contribution in [0.3, 0.4) is 0 Å². The van der Waals surface area contributed by atoms with Crippen molar-refractivity contribution in [2.75, 3.05) is 0 Å².